The van der Waals surface area contributed by atoms with E-state index >= 15 is 0 Å². The largest absolute Gasteiger partial charge is 0.477 e. The fourth-order valence-corrected chi connectivity index (χ4v) is 7.37. The van der Waals surface area contributed by atoms with Crippen molar-refractivity contribution in [2.24, 2.45) is 5.16 Å². The molecule has 0 saturated carbocycles. The van der Waals surface area contributed by atoms with E-state index in [9.17, 15) is 19.5 Å². The number of anilines is 1. The number of amides is 2. The second kappa shape index (κ2) is 10.3. The number of hydrogen-bond acceptors (Lipinski definition) is 12. The minimum Gasteiger partial charge on any atom is -0.477 e. The number of carboxylic acids is 1. The molecule has 37 heavy (non-hydrogen) atoms. The van der Waals surface area contributed by atoms with Crippen LogP contribution in [0.5, 0.6) is 0 Å². The Labute approximate surface area is 226 Å². The number of thioether (sulfide) groups is 2. The summed E-state index contributed by atoms with van der Waals surface area (Å²) in [6, 6.07) is -0.939. The lowest BCUT2D eigenvalue weighted by molar-refractivity contribution is -0.724. The van der Waals surface area contributed by atoms with E-state index < -0.39 is 29.2 Å². The lowest BCUT2D eigenvalue weighted by Crippen LogP contribution is -2.71. The number of aromatic nitrogens is 4. The lowest BCUT2D eigenvalue weighted by Gasteiger charge is -2.49. The number of hydrogen-bond donors (Lipinski definition) is 3. The molecule has 2 aliphatic rings. The van der Waals surface area contributed by atoms with Gasteiger partial charge in [-0.05, 0) is 24.9 Å². The third-order valence-electron chi connectivity index (χ3n) is 5.59. The van der Waals surface area contributed by atoms with Crippen molar-refractivity contribution < 1.29 is 28.9 Å². The third-order valence-corrected chi connectivity index (χ3v) is 9.07. The summed E-state index contributed by atoms with van der Waals surface area (Å²) in [5.74, 6) is -2.06. The number of nitrogen functional groups attached to an aromatic ring is 1. The highest BCUT2D eigenvalue weighted by atomic mass is 32.2. The number of imidazole rings is 1. The quantitative estimate of drug-likeness (QED) is 0.107. The summed E-state index contributed by atoms with van der Waals surface area (Å²) < 4.78 is 8.03. The summed E-state index contributed by atoms with van der Waals surface area (Å²) in [6.45, 7) is 2.23. The molecule has 0 aromatic carbocycles. The van der Waals surface area contributed by atoms with Crippen LogP contribution < -0.4 is 15.6 Å². The molecule has 5 rings (SSSR count). The van der Waals surface area contributed by atoms with Crippen LogP contribution in [0.25, 0.3) is 4.83 Å². The van der Waals surface area contributed by atoms with E-state index in [1.165, 1.54) is 16.7 Å². The van der Waals surface area contributed by atoms with Gasteiger partial charge in [0.2, 0.25) is 16.4 Å². The zero-order valence-corrected chi connectivity index (χ0v) is 22.7. The number of oxime groups is 1. The molecule has 1 fully saturated rings. The van der Waals surface area contributed by atoms with Crippen LogP contribution in [0.15, 0.2) is 39.4 Å². The van der Waals surface area contributed by atoms with Crippen LogP contribution in [0.3, 0.4) is 0 Å². The molecule has 0 spiro atoms. The summed E-state index contributed by atoms with van der Waals surface area (Å²) in [6.07, 6.45) is 5.89. The highest BCUT2D eigenvalue weighted by molar-refractivity contribution is 8.00. The summed E-state index contributed by atoms with van der Waals surface area (Å²) in [5, 5.41) is 19.0. The number of nitrogens with one attached hydrogen (secondary N) is 1. The molecule has 3 aromatic rings. The van der Waals surface area contributed by atoms with E-state index in [4.69, 9.17) is 10.6 Å². The molecule has 13 nitrogen and oxygen atoms in total. The number of nitrogens with two attached hydrogens (primary N) is 1. The third kappa shape index (κ3) is 4.55. The van der Waals surface area contributed by atoms with Crippen molar-refractivity contribution in [3.8, 4) is 0 Å². The molecule has 0 radical (unpaired) electrons. The second-order valence-corrected chi connectivity index (χ2v) is 11.4. The number of thiazole rings is 1. The number of aliphatic carboxylic acids is 1. The maximum atomic E-state index is 13.1. The minimum absolute atomic E-state index is 0.0177. The Morgan fingerprint density at radius 3 is 2.95 bits per heavy atom. The fraction of sp³-hybridized carbons (Fsp3) is 0.350. The van der Waals surface area contributed by atoms with Crippen LogP contribution in [-0.2, 0) is 25.8 Å². The first-order valence-corrected chi connectivity index (χ1v) is 14.8. The zero-order valence-electron chi connectivity index (χ0n) is 19.5. The first-order chi connectivity index (χ1) is 17.8. The smallest absolute Gasteiger partial charge is 0.352 e. The van der Waals surface area contributed by atoms with Gasteiger partial charge in [0.05, 0.1) is 0 Å². The van der Waals surface area contributed by atoms with E-state index in [-0.39, 0.29) is 29.0 Å². The predicted octanol–water partition coefficient (Wildman–Crippen LogP) is 0.623. The van der Waals surface area contributed by atoms with Gasteiger partial charge in [0.15, 0.2) is 5.13 Å². The standard InChI is InChI=1S/C20H20N8O5S4/c1-3-33-24-11(14-23-19(21)37-25-14)15(29)22-12-16(30)28-13(18(31)32)9(8-36-17(12)28)6-26-7-10-27(4-5-35-10)20(26)34-2/h4-5,7,12,17H,3,6,8H2,1-2H3,(H3-,21,22,23,25,29,31,32)/p+1/b24-11-/t12-,17-/m1/s1. The molecule has 0 bridgehead atoms. The van der Waals surface area contributed by atoms with Gasteiger partial charge in [0, 0.05) is 28.2 Å². The number of nitrogens with zero attached hydrogens (tertiary/aromatic N) is 6. The zero-order chi connectivity index (χ0) is 26.3. The van der Waals surface area contributed by atoms with Crippen LogP contribution in [-0.4, -0.2) is 77.3 Å². The molecule has 17 heteroatoms. The number of fused-ring (bicyclic) bond motifs is 2. The Balaban J connectivity index is 1.37. The molecular weight excluding hydrogens is 561 g/mol. The highest BCUT2D eigenvalue weighted by Crippen LogP contribution is 2.40. The normalized spacial score (nSPS) is 19.7. The van der Waals surface area contributed by atoms with E-state index in [1.807, 2.05) is 33.0 Å². The molecule has 2 amide bonds. The average Bonchev–Trinajstić information content (AvgIpc) is 3.58. The molecule has 2 aliphatic heterocycles. The Hall–Kier alpha value is -3.15. The van der Waals surface area contributed by atoms with Crippen molar-refractivity contribution >= 4 is 79.9 Å². The minimum atomic E-state index is -1.19. The number of carbonyl (C=O) groups is 3. The number of carbonyl (C=O) groups excluding carboxylic acids is 2. The molecule has 1 saturated heterocycles. The van der Waals surface area contributed by atoms with Crippen LogP contribution in [0.4, 0.5) is 5.13 Å². The van der Waals surface area contributed by atoms with Gasteiger partial charge in [-0.25, -0.2) is 9.36 Å². The monoisotopic (exact) mass is 581 g/mol. The van der Waals surface area contributed by atoms with Crippen LogP contribution >= 0.6 is 46.4 Å². The van der Waals surface area contributed by atoms with Gasteiger partial charge in [-0.15, -0.1) is 11.8 Å². The van der Waals surface area contributed by atoms with E-state index in [0.29, 0.717) is 17.9 Å². The lowest BCUT2D eigenvalue weighted by atomic mass is 10.0. The molecule has 0 unspecified atom stereocenters. The summed E-state index contributed by atoms with van der Waals surface area (Å²) >= 11 is 5.43. The Morgan fingerprint density at radius 1 is 1.46 bits per heavy atom. The van der Waals surface area contributed by atoms with Crippen molar-refractivity contribution in [3.05, 3.63) is 34.9 Å². The molecule has 194 valence electrons. The van der Waals surface area contributed by atoms with Crippen molar-refractivity contribution in [1.29, 1.82) is 0 Å². The van der Waals surface area contributed by atoms with Gasteiger partial charge < -0.3 is 21.0 Å². The predicted molar refractivity (Wildman–Crippen MR) is 139 cm³/mol. The molecule has 2 atom stereocenters. The van der Waals surface area contributed by atoms with Crippen molar-refractivity contribution in [2.75, 3.05) is 24.3 Å². The summed E-state index contributed by atoms with van der Waals surface area (Å²) in [7, 11) is 0. The topological polar surface area (TPSA) is 168 Å². The fourth-order valence-electron chi connectivity index (χ4n) is 4.06. The maximum Gasteiger partial charge on any atom is 0.352 e. The van der Waals surface area contributed by atoms with Crippen molar-refractivity contribution in [2.45, 2.75) is 30.0 Å². The molecule has 3 aromatic heterocycles. The van der Waals surface area contributed by atoms with Crippen LogP contribution in [0.2, 0.25) is 0 Å². The SMILES string of the molecule is CCO/N=C(\C(=O)N[C@@H]1C(=O)N2C(C(=O)O)=C(C[n+]3cc4sccn4c3SC)CS[C@H]12)c1nsc(N)n1. The van der Waals surface area contributed by atoms with Crippen molar-refractivity contribution in [1.82, 2.24) is 24.0 Å². The first kappa shape index (κ1) is 25.5. The van der Waals surface area contributed by atoms with Gasteiger partial charge in [-0.3, -0.25) is 14.5 Å². The summed E-state index contributed by atoms with van der Waals surface area (Å²) in [5.41, 5.74) is 5.98. The molecular formula is C20H21N8O5S4+. The Morgan fingerprint density at radius 2 is 2.27 bits per heavy atom. The van der Waals surface area contributed by atoms with Gasteiger partial charge in [0.25, 0.3) is 11.8 Å². The van der Waals surface area contributed by atoms with Gasteiger partial charge in [-0.2, -0.15) is 13.8 Å². The van der Waals surface area contributed by atoms with Crippen molar-refractivity contribution in [3.63, 3.8) is 0 Å². The molecule has 0 aliphatic carbocycles. The van der Waals surface area contributed by atoms with Crippen LogP contribution in [0.1, 0.15) is 12.7 Å². The number of carboxylic acid groups (broad SMARTS) is 1. The number of β-lactam (4-membered cyclic amide) rings is 1. The van der Waals surface area contributed by atoms with Gasteiger partial charge >= 0.3 is 11.1 Å². The van der Waals surface area contributed by atoms with E-state index in [1.54, 1.807) is 30.0 Å². The number of rotatable bonds is 9. The maximum absolute atomic E-state index is 13.1. The van der Waals surface area contributed by atoms with Gasteiger partial charge in [0.1, 0.15) is 42.7 Å². The Kier molecular flexibility index (Phi) is 7.11. The van der Waals surface area contributed by atoms with E-state index in [0.717, 1.165) is 21.5 Å². The van der Waals surface area contributed by atoms with Gasteiger partial charge in [-0.1, -0.05) is 16.5 Å². The second-order valence-electron chi connectivity index (χ2n) is 7.79. The van der Waals surface area contributed by atoms with E-state index in [2.05, 4.69) is 19.8 Å². The highest BCUT2D eigenvalue weighted by Gasteiger charge is 2.54. The van der Waals surface area contributed by atoms with Crippen LogP contribution in [0, 0.1) is 0 Å². The summed E-state index contributed by atoms with van der Waals surface area (Å²) in [4.78, 5) is 49.6. The first-order valence-electron chi connectivity index (χ1n) is 10.9. The Bertz CT molecular complexity index is 1460. The average molecular weight is 582 g/mol. The molecule has 5 heterocycles. The molecule has 4 N–H and O–H groups in total.